The molecule has 2 aliphatic heterocycles. The Hall–Kier alpha value is -0.120. The topological polar surface area (TPSA) is 24.5 Å². The summed E-state index contributed by atoms with van der Waals surface area (Å²) in [6.45, 7) is 11.2. The molecule has 2 heterocycles. The zero-order valence-corrected chi connectivity index (χ0v) is 10.3. The first-order chi connectivity index (χ1) is 7.16. The highest BCUT2D eigenvalue weighted by Gasteiger charge is 2.43. The molecule has 0 aliphatic carbocycles. The summed E-state index contributed by atoms with van der Waals surface area (Å²) in [6.07, 6.45) is 2.79. The van der Waals surface area contributed by atoms with Crippen LogP contribution in [0.1, 0.15) is 33.6 Å². The van der Waals surface area contributed by atoms with Crippen LogP contribution in [0.4, 0.5) is 0 Å². The number of hydrogen-bond acceptors (Lipinski definition) is 3. The molecule has 0 spiro atoms. The van der Waals surface area contributed by atoms with E-state index < -0.39 is 0 Å². The van der Waals surface area contributed by atoms with Gasteiger partial charge < -0.3 is 10.1 Å². The maximum absolute atomic E-state index is 5.73. The Morgan fingerprint density at radius 3 is 2.93 bits per heavy atom. The molecule has 2 saturated heterocycles. The van der Waals surface area contributed by atoms with Gasteiger partial charge in [-0.3, -0.25) is 4.90 Å². The van der Waals surface area contributed by atoms with Crippen LogP contribution in [0.2, 0.25) is 0 Å². The molecule has 0 aromatic carbocycles. The lowest BCUT2D eigenvalue weighted by Gasteiger charge is -2.45. The summed E-state index contributed by atoms with van der Waals surface area (Å²) in [7, 11) is 0. The van der Waals surface area contributed by atoms with Crippen molar-refractivity contribution < 1.29 is 4.74 Å². The summed E-state index contributed by atoms with van der Waals surface area (Å²) in [4.78, 5) is 2.63. The first-order valence-corrected chi connectivity index (χ1v) is 6.27. The normalized spacial score (nSPS) is 43.4. The van der Waals surface area contributed by atoms with Crippen LogP contribution < -0.4 is 5.32 Å². The molecule has 0 aromatic rings. The van der Waals surface area contributed by atoms with Gasteiger partial charge in [-0.1, -0.05) is 6.92 Å². The molecule has 0 amide bonds. The van der Waals surface area contributed by atoms with Crippen LogP contribution >= 0.6 is 0 Å². The van der Waals surface area contributed by atoms with Gasteiger partial charge in [0.25, 0.3) is 0 Å². The van der Waals surface area contributed by atoms with Crippen molar-refractivity contribution >= 4 is 0 Å². The third kappa shape index (κ3) is 2.05. The Bertz CT molecular complexity index is 222. The quantitative estimate of drug-likeness (QED) is 0.745. The Labute approximate surface area is 93.2 Å². The molecule has 0 bridgehead atoms. The lowest BCUT2D eigenvalue weighted by Crippen LogP contribution is -2.60. The third-order valence-corrected chi connectivity index (χ3v) is 4.32. The lowest BCUT2D eigenvalue weighted by atomic mass is 9.90. The maximum atomic E-state index is 5.73. The van der Waals surface area contributed by atoms with E-state index in [0.717, 1.165) is 13.2 Å². The number of rotatable bonds is 2. The predicted octanol–water partition coefficient (Wildman–Crippen LogP) is 1.24. The first kappa shape index (κ1) is 11.4. The second-order valence-electron chi connectivity index (χ2n) is 5.13. The lowest BCUT2D eigenvalue weighted by molar-refractivity contribution is 0.00502. The minimum atomic E-state index is 0.273. The molecule has 0 saturated carbocycles. The van der Waals surface area contributed by atoms with Crippen molar-refractivity contribution in [2.45, 2.75) is 51.3 Å². The summed E-state index contributed by atoms with van der Waals surface area (Å²) < 4.78 is 5.73. The molecular formula is C12H24N2O. The number of nitrogens with zero attached hydrogens (tertiary/aromatic N) is 1. The van der Waals surface area contributed by atoms with Crippen LogP contribution in [0.25, 0.3) is 0 Å². The Morgan fingerprint density at radius 2 is 2.33 bits per heavy atom. The van der Waals surface area contributed by atoms with Crippen LogP contribution in [0.5, 0.6) is 0 Å². The zero-order valence-electron chi connectivity index (χ0n) is 10.3. The molecule has 3 heteroatoms. The number of nitrogens with one attached hydrogen (secondary N) is 1. The van der Waals surface area contributed by atoms with Gasteiger partial charge in [-0.25, -0.2) is 0 Å². The molecule has 3 unspecified atom stereocenters. The predicted molar refractivity (Wildman–Crippen MR) is 62.1 cm³/mol. The van der Waals surface area contributed by atoms with Gasteiger partial charge >= 0.3 is 0 Å². The second-order valence-corrected chi connectivity index (χ2v) is 5.13. The zero-order chi connectivity index (χ0) is 10.9. The molecule has 3 atom stereocenters. The fourth-order valence-electron chi connectivity index (χ4n) is 2.80. The van der Waals surface area contributed by atoms with Gasteiger partial charge in [0.15, 0.2) is 0 Å². The van der Waals surface area contributed by atoms with E-state index in [2.05, 4.69) is 31.0 Å². The van der Waals surface area contributed by atoms with Crippen molar-refractivity contribution in [1.82, 2.24) is 10.2 Å². The van der Waals surface area contributed by atoms with E-state index in [1.54, 1.807) is 0 Å². The van der Waals surface area contributed by atoms with Gasteiger partial charge in [0.2, 0.25) is 0 Å². The molecule has 0 radical (unpaired) electrons. The Morgan fingerprint density at radius 1 is 1.53 bits per heavy atom. The van der Waals surface area contributed by atoms with E-state index in [1.165, 1.54) is 25.9 Å². The average molecular weight is 212 g/mol. The fraction of sp³-hybridized carbons (Fsp3) is 1.00. The van der Waals surface area contributed by atoms with Gasteiger partial charge in [-0.2, -0.15) is 0 Å². The van der Waals surface area contributed by atoms with Crippen molar-refractivity contribution in [3.63, 3.8) is 0 Å². The molecule has 0 aromatic heterocycles. The van der Waals surface area contributed by atoms with Gasteiger partial charge in [-0.15, -0.1) is 0 Å². The van der Waals surface area contributed by atoms with E-state index in [1.807, 2.05) is 0 Å². The van der Waals surface area contributed by atoms with E-state index in [9.17, 15) is 0 Å². The molecule has 88 valence electrons. The summed E-state index contributed by atoms with van der Waals surface area (Å²) in [5, 5.41) is 3.57. The minimum absolute atomic E-state index is 0.273. The third-order valence-electron chi connectivity index (χ3n) is 4.32. The molecule has 2 aliphatic rings. The largest absolute Gasteiger partial charge is 0.377 e. The summed E-state index contributed by atoms with van der Waals surface area (Å²) in [6, 6.07) is 0.670. The number of hydrogen-bond donors (Lipinski definition) is 1. The summed E-state index contributed by atoms with van der Waals surface area (Å²) in [5.41, 5.74) is 0.273. The van der Waals surface area contributed by atoms with Gasteiger partial charge in [0.1, 0.15) is 0 Å². The number of piperazine rings is 1. The van der Waals surface area contributed by atoms with Crippen LogP contribution in [0.3, 0.4) is 0 Å². The van der Waals surface area contributed by atoms with E-state index in [4.69, 9.17) is 4.74 Å². The SMILES string of the molecule is CCC1CN(C2(C)CCOC2C)CCN1. The maximum Gasteiger partial charge on any atom is 0.0728 e. The van der Waals surface area contributed by atoms with Crippen LogP contribution in [-0.4, -0.2) is 48.8 Å². The highest BCUT2D eigenvalue weighted by Crippen LogP contribution is 2.32. The van der Waals surface area contributed by atoms with E-state index >= 15 is 0 Å². The van der Waals surface area contributed by atoms with Gasteiger partial charge in [0, 0.05) is 37.8 Å². The van der Waals surface area contributed by atoms with Crippen molar-refractivity contribution in [3.05, 3.63) is 0 Å². The van der Waals surface area contributed by atoms with Crippen molar-refractivity contribution in [3.8, 4) is 0 Å². The molecule has 15 heavy (non-hydrogen) atoms. The van der Waals surface area contributed by atoms with Crippen LogP contribution in [0, 0.1) is 0 Å². The molecule has 2 rings (SSSR count). The highest BCUT2D eigenvalue weighted by molar-refractivity contribution is 4.98. The second kappa shape index (κ2) is 4.40. The highest BCUT2D eigenvalue weighted by atomic mass is 16.5. The Balaban J connectivity index is 2.02. The van der Waals surface area contributed by atoms with Crippen molar-refractivity contribution in [2.24, 2.45) is 0 Å². The van der Waals surface area contributed by atoms with Crippen molar-refractivity contribution in [2.75, 3.05) is 26.2 Å². The van der Waals surface area contributed by atoms with E-state index in [0.29, 0.717) is 12.1 Å². The molecule has 3 nitrogen and oxygen atoms in total. The van der Waals surface area contributed by atoms with Crippen LogP contribution in [-0.2, 0) is 4.74 Å². The molecule has 1 N–H and O–H groups in total. The molecule has 2 fully saturated rings. The molecular weight excluding hydrogens is 188 g/mol. The first-order valence-electron chi connectivity index (χ1n) is 6.27. The Kier molecular flexibility index (Phi) is 3.33. The fourth-order valence-corrected chi connectivity index (χ4v) is 2.80. The van der Waals surface area contributed by atoms with E-state index in [-0.39, 0.29) is 5.54 Å². The monoisotopic (exact) mass is 212 g/mol. The number of ether oxygens (including phenoxy) is 1. The minimum Gasteiger partial charge on any atom is -0.377 e. The summed E-state index contributed by atoms with van der Waals surface area (Å²) >= 11 is 0. The van der Waals surface area contributed by atoms with Gasteiger partial charge in [-0.05, 0) is 26.7 Å². The van der Waals surface area contributed by atoms with Crippen molar-refractivity contribution in [1.29, 1.82) is 0 Å². The van der Waals surface area contributed by atoms with Crippen LogP contribution in [0.15, 0.2) is 0 Å². The smallest absolute Gasteiger partial charge is 0.0728 e. The summed E-state index contributed by atoms with van der Waals surface area (Å²) in [5.74, 6) is 0. The standard InChI is InChI=1S/C12H24N2O/c1-4-11-9-14(7-6-13-11)12(3)5-8-15-10(12)2/h10-11,13H,4-9H2,1-3H3. The average Bonchev–Trinajstić information content (AvgIpc) is 2.61. The van der Waals surface area contributed by atoms with Gasteiger partial charge in [0.05, 0.1) is 6.10 Å².